The Morgan fingerprint density at radius 2 is 1.67 bits per heavy atom. The summed E-state index contributed by atoms with van der Waals surface area (Å²) >= 11 is 0. The lowest BCUT2D eigenvalue weighted by molar-refractivity contribution is -0.212. The fraction of sp³-hybridized carbons (Fsp3) is 0.839. The predicted octanol–water partition coefficient (Wildman–Crippen LogP) is 6.43. The monoisotopic (exact) mass is 498 g/mol. The van der Waals surface area contributed by atoms with E-state index >= 15 is 0 Å². The van der Waals surface area contributed by atoms with Crippen LogP contribution in [0.1, 0.15) is 106 Å². The Balaban J connectivity index is 1.35. The third-order valence-electron chi connectivity index (χ3n) is 12.0. The number of allylic oxidation sites excluding steroid dienone is 1. The first-order chi connectivity index (χ1) is 16.9. The number of esters is 2. The minimum absolute atomic E-state index is 0.0603. The van der Waals surface area contributed by atoms with Gasteiger partial charge in [0, 0.05) is 13.3 Å². The Morgan fingerprint density at radius 3 is 2.33 bits per heavy atom. The SMILES string of the molecule is CC(=O)O[C@H](C)[C@@]1(C(C)C)CC[C@H](C2CCC3C4CCC5=CC(=O)CC[C@]5(C)C4CC[C@@]32C)C(=O)O1. The van der Waals surface area contributed by atoms with Gasteiger partial charge in [0.2, 0.25) is 0 Å². The van der Waals surface area contributed by atoms with Gasteiger partial charge in [-0.2, -0.15) is 0 Å². The van der Waals surface area contributed by atoms with E-state index in [2.05, 4.69) is 27.7 Å². The summed E-state index contributed by atoms with van der Waals surface area (Å²) in [7, 11) is 0. The molecule has 0 spiro atoms. The summed E-state index contributed by atoms with van der Waals surface area (Å²) in [6.45, 7) is 12.3. The largest absolute Gasteiger partial charge is 0.459 e. The molecule has 5 heteroatoms. The fourth-order valence-corrected chi connectivity index (χ4v) is 9.95. The predicted molar refractivity (Wildman–Crippen MR) is 138 cm³/mol. The van der Waals surface area contributed by atoms with Gasteiger partial charge >= 0.3 is 11.9 Å². The molecule has 0 radical (unpaired) electrons. The molecule has 5 nitrogen and oxygen atoms in total. The number of rotatable bonds is 4. The van der Waals surface area contributed by atoms with Crippen molar-refractivity contribution in [2.45, 2.75) is 117 Å². The lowest BCUT2D eigenvalue weighted by atomic mass is 9.46. The van der Waals surface area contributed by atoms with Crippen LogP contribution in [0, 0.1) is 46.3 Å². The zero-order chi connectivity index (χ0) is 26.0. The van der Waals surface area contributed by atoms with Crippen molar-refractivity contribution >= 4 is 17.7 Å². The molecule has 9 atom stereocenters. The van der Waals surface area contributed by atoms with Gasteiger partial charge in [-0.1, -0.05) is 33.3 Å². The summed E-state index contributed by atoms with van der Waals surface area (Å²) in [6.07, 6.45) is 11.8. The summed E-state index contributed by atoms with van der Waals surface area (Å²) in [4.78, 5) is 37.5. The maximum Gasteiger partial charge on any atom is 0.309 e. The van der Waals surface area contributed by atoms with Gasteiger partial charge in [-0.3, -0.25) is 14.4 Å². The highest BCUT2D eigenvalue weighted by Gasteiger charge is 2.62. The summed E-state index contributed by atoms with van der Waals surface area (Å²) in [6, 6.07) is 0. The molecule has 0 amide bonds. The average molecular weight is 499 g/mol. The van der Waals surface area contributed by atoms with E-state index in [1.165, 1.54) is 38.2 Å². The Hall–Kier alpha value is -1.65. The minimum atomic E-state index is -0.741. The van der Waals surface area contributed by atoms with Crippen LogP contribution in [-0.4, -0.2) is 29.4 Å². The van der Waals surface area contributed by atoms with Gasteiger partial charge < -0.3 is 9.47 Å². The zero-order valence-corrected chi connectivity index (χ0v) is 23.2. The maximum atomic E-state index is 13.7. The van der Waals surface area contributed by atoms with Crippen LogP contribution in [-0.2, 0) is 23.9 Å². The van der Waals surface area contributed by atoms with E-state index in [1.807, 2.05) is 13.0 Å². The molecule has 1 saturated heterocycles. The van der Waals surface area contributed by atoms with Crippen LogP contribution in [0.3, 0.4) is 0 Å². The van der Waals surface area contributed by atoms with Crippen LogP contribution in [0.15, 0.2) is 11.6 Å². The molecule has 3 saturated carbocycles. The van der Waals surface area contributed by atoms with Crippen molar-refractivity contribution < 1.29 is 23.9 Å². The first-order valence-corrected chi connectivity index (χ1v) is 14.6. The van der Waals surface area contributed by atoms with Crippen LogP contribution < -0.4 is 0 Å². The quantitative estimate of drug-likeness (QED) is 0.418. The minimum Gasteiger partial charge on any atom is -0.459 e. The summed E-state index contributed by atoms with van der Waals surface area (Å²) in [5.41, 5.74) is 1.03. The number of hydrogen-bond acceptors (Lipinski definition) is 5. The van der Waals surface area contributed by atoms with Gasteiger partial charge in [0.15, 0.2) is 11.4 Å². The van der Waals surface area contributed by atoms with Gasteiger partial charge in [0.05, 0.1) is 5.92 Å². The second-order valence-corrected chi connectivity index (χ2v) is 13.6. The second-order valence-electron chi connectivity index (χ2n) is 13.6. The highest BCUT2D eigenvalue weighted by atomic mass is 16.6. The Labute approximate surface area is 217 Å². The van der Waals surface area contributed by atoms with E-state index in [1.54, 1.807) is 0 Å². The molecule has 0 aromatic carbocycles. The average Bonchev–Trinajstić information content (AvgIpc) is 3.15. The molecular weight excluding hydrogens is 452 g/mol. The van der Waals surface area contributed by atoms with Crippen molar-refractivity contribution in [3.8, 4) is 0 Å². The van der Waals surface area contributed by atoms with Crippen LogP contribution >= 0.6 is 0 Å². The number of carbonyl (C=O) groups excluding carboxylic acids is 3. The molecule has 4 fully saturated rings. The van der Waals surface area contributed by atoms with Crippen molar-refractivity contribution in [2.24, 2.45) is 46.3 Å². The first kappa shape index (κ1) is 26.0. The summed E-state index contributed by atoms with van der Waals surface area (Å²) < 4.78 is 11.8. The van der Waals surface area contributed by atoms with Crippen molar-refractivity contribution in [3.63, 3.8) is 0 Å². The molecule has 1 heterocycles. The Bertz CT molecular complexity index is 966. The molecule has 4 unspecified atom stereocenters. The van der Waals surface area contributed by atoms with Crippen molar-refractivity contribution in [2.75, 3.05) is 0 Å². The Kier molecular flexibility index (Phi) is 6.48. The van der Waals surface area contributed by atoms with E-state index in [4.69, 9.17) is 9.47 Å². The van der Waals surface area contributed by atoms with Crippen molar-refractivity contribution in [3.05, 3.63) is 11.6 Å². The molecule has 200 valence electrons. The molecule has 5 rings (SSSR count). The number of hydrogen-bond donors (Lipinski definition) is 0. The number of cyclic esters (lactones) is 1. The molecule has 0 bridgehead atoms. The Morgan fingerprint density at radius 1 is 0.944 bits per heavy atom. The third kappa shape index (κ3) is 3.81. The molecule has 0 N–H and O–H groups in total. The number of ketones is 1. The van der Waals surface area contributed by atoms with Gasteiger partial charge in [0.1, 0.15) is 6.10 Å². The molecule has 4 aliphatic carbocycles. The lowest BCUT2D eigenvalue weighted by Crippen LogP contribution is -2.57. The van der Waals surface area contributed by atoms with E-state index in [9.17, 15) is 14.4 Å². The normalized spacial score (nSPS) is 45.2. The molecular formula is C31H46O5. The number of carbonyl (C=O) groups is 3. The topological polar surface area (TPSA) is 69.7 Å². The molecule has 0 aromatic heterocycles. The summed E-state index contributed by atoms with van der Waals surface area (Å²) in [5.74, 6) is 2.31. The molecule has 0 aromatic rings. The third-order valence-corrected chi connectivity index (χ3v) is 12.0. The lowest BCUT2D eigenvalue weighted by Gasteiger charge is -2.58. The second kappa shape index (κ2) is 8.98. The van der Waals surface area contributed by atoms with Crippen molar-refractivity contribution in [1.82, 2.24) is 0 Å². The van der Waals surface area contributed by atoms with Crippen LogP contribution in [0.2, 0.25) is 0 Å². The van der Waals surface area contributed by atoms with Gasteiger partial charge in [-0.15, -0.1) is 0 Å². The number of fused-ring (bicyclic) bond motifs is 5. The standard InChI is InChI=1S/C31H46O5/c1-18(2)31(19(3)35-20(4)32)16-12-24(28(34)36-31)26-10-9-25-23-8-7-21-17-22(33)11-14-29(21,5)27(23)13-15-30(25,26)6/h17-19,23-27H,7-16H2,1-6H3/t19-,23?,24-,25?,26?,27?,29+,30+,31+/m1/s1. The number of ether oxygens (including phenoxy) is 2. The first-order valence-electron chi connectivity index (χ1n) is 14.6. The summed E-state index contributed by atoms with van der Waals surface area (Å²) in [5, 5.41) is 0. The fourth-order valence-electron chi connectivity index (χ4n) is 9.95. The van der Waals surface area contributed by atoms with E-state index in [0.29, 0.717) is 35.9 Å². The van der Waals surface area contributed by atoms with Crippen LogP contribution in [0.25, 0.3) is 0 Å². The smallest absolute Gasteiger partial charge is 0.309 e. The van der Waals surface area contributed by atoms with Gasteiger partial charge in [0.25, 0.3) is 0 Å². The van der Waals surface area contributed by atoms with E-state index in [0.717, 1.165) is 32.1 Å². The van der Waals surface area contributed by atoms with E-state index in [-0.39, 0.29) is 34.6 Å². The highest BCUT2D eigenvalue weighted by Crippen LogP contribution is 2.68. The molecule has 1 aliphatic heterocycles. The van der Waals surface area contributed by atoms with Gasteiger partial charge in [-0.05, 0) is 111 Å². The zero-order valence-electron chi connectivity index (χ0n) is 23.2. The molecule has 36 heavy (non-hydrogen) atoms. The van der Waals surface area contributed by atoms with Crippen LogP contribution in [0.5, 0.6) is 0 Å². The molecule has 5 aliphatic rings. The highest BCUT2D eigenvalue weighted by molar-refractivity contribution is 5.91. The van der Waals surface area contributed by atoms with Crippen LogP contribution in [0.4, 0.5) is 0 Å². The maximum absolute atomic E-state index is 13.7. The van der Waals surface area contributed by atoms with Crippen molar-refractivity contribution in [1.29, 1.82) is 0 Å². The van der Waals surface area contributed by atoms with E-state index < -0.39 is 11.7 Å². The van der Waals surface area contributed by atoms with Gasteiger partial charge in [-0.25, -0.2) is 0 Å².